The van der Waals surface area contributed by atoms with Crippen molar-refractivity contribution in [1.29, 1.82) is 0 Å². The third kappa shape index (κ3) is 3.68. The molecule has 2 aromatic heterocycles. The molecule has 0 aliphatic heterocycles. The number of carbonyl (C=O) groups is 1. The second-order valence-electron chi connectivity index (χ2n) is 5.29. The van der Waals surface area contributed by atoms with Crippen LogP contribution in [0.5, 0.6) is 0 Å². The number of hydrogen-bond acceptors (Lipinski definition) is 5. The van der Waals surface area contributed by atoms with E-state index in [4.69, 9.17) is 4.98 Å². The van der Waals surface area contributed by atoms with E-state index < -0.39 is 0 Å². The van der Waals surface area contributed by atoms with Gasteiger partial charge in [-0.05, 0) is 39.0 Å². The summed E-state index contributed by atoms with van der Waals surface area (Å²) in [4.78, 5) is 22.9. The predicted molar refractivity (Wildman–Crippen MR) is 86.3 cm³/mol. The standard InChI is InChI=1S/C15H19N3OS2/c1-10-17-9-13(20-10)15(19)16-8-4-7-14-18-11-5-2-3-6-12(11)21-14/h9H,2-8H2,1H3,(H,16,19). The maximum absolute atomic E-state index is 11.9. The first-order valence-corrected chi connectivity index (χ1v) is 9.04. The summed E-state index contributed by atoms with van der Waals surface area (Å²) in [6.45, 7) is 2.60. The molecule has 2 aromatic rings. The number of aryl methyl sites for hydroxylation is 4. The fourth-order valence-corrected chi connectivity index (χ4v) is 4.40. The summed E-state index contributed by atoms with van der Waals surface area (Å²) in [6, 6.07) is 0. The zero-order valence-corrected chi connectivity index (χ0v) is 13.8. The molecule has 0 unspecified atom stereocenters. The van der Waals surface area contributed by atoms with Gasteiger partial charge in [0.2, 0.25) is 0 Å². The van der Waals surface area contributed by atoms with Crippen molar-refractivity contribution in [2.24, 2.45) is 0 Å². The Morgan fingerprint density at radius 3 is 2.95 bits per heavy atom. The number of amides is 1. The Labute approximate surface area is 132 Å². The van der Waals surface area contributed by atoms with Crippen LogP contribution in [0.15, 0.2) is 6.20 Å². The molecule has 4 nitrogen and oxygen atoms in total. The Morgan fingerprint density at radius 1 is 1.33 bits per heavy atom. The minimum absolute atomic E-state index is 0.0148. The SMILES string of the molecule is Cc1ncc(C(=O)NCCCc2nc3c(s2)CCCC3)s1. The highest BCUT2D eigenvalue weighted by molar-refractivity contribution is 7.13. The molecule has 1 aliphatic rings. The van der Waals surface area contributed by atoms with Gasteiger partial charge < -0.3 is 5.32 Å². The lowest BCUT2D eigenvalue weighted by molar-refractivity contribution is 0.0957. The van der Waals surface area contributed by atoms with Gasteiger partial charge in [0.1, 0.15) is 4.88 Å². The van der Waals surface area contributed by atoms with Gasteiger partial charge in [-0.3, -0.25) is 4.79 Å². The van der Waals surface area contributed by atoms with E-state index in [9.17, 15) is 4.79 Å². The van der Waals surface area contributed by atoms with Crippen molar-refractivity contribution in [2.75, 3.05) is 6.54 Å². The molecule has 6 heteroatoms. The molecule has 1 amide bonds. The largest absolute Gasteiger partial charge is 0.351 e. The van der Waals surface area contributed by atoms with E-state index >= 15 is 0 Å². The van der Waals surface area contributed by atoms with Crippen molar-refractivity contribution in [3.05, 3.63) is 31.7 Å². The minimum atomic E-state index is -0.0148. The van der Waals surface area contributed by atoms with Crippen molar-refractivity contribution in [3.8, 4) is 0 Å². The van der Waals surface area contributed by atoms with E-state index in [1.54, 1.807) is 6.20 Å². The molecule has 21 heavy (non-hydrogen) atoms. The molecule has 112 valence electrons. The van der Waals surface area contributed by atoms with E-state index in [-0.39, 0.29) is 5.91 Å². The fraction of sp³-hybridized carbons (Fsp3) is 0.533. The maximum Gasteiger partial charge on any atom is 0.263 e. The summed E-state index contributed by atoms with van der Waals surface area (Å²) < 4.78 is 0. The molecule has 0 atom stereocenters. The third-order valence-corrected chi connectivity index (χ3v) is 5.72. The minimum Gasteiger partial charge on any atom is -0.351 e. The lowest BCUT2D eigenvalue weighted by atomic mass is 10.0. The van der Waals surface area contributed by atoms with Crippen molar-refractivity contribution in [2.45, 2.75) is 45.4 Å². The molecular weight excluding hydrogens is 302 g/mol. The zero-order valence-electron chi connectivity index (χ0n) is 12.1. The molecule has 1 aliphatic carbocycles. The lowest BCUT2D eigenvalue weighted by Gasteiger charge is -2.06. The first-order valence-electron chi connectivity index (χ1n) is 7.40. The molecule has 0 saturated carbocycles. The molecule has 0 fully saturated rings. The number of rotatable bonds is 5. The molecular formula is C15H19N3OS2. The molecule has 0 aromatic carbocycles. The highest BCUT2D eigenvalue weighted by Crippen LogP contribution is 2.27. The summed E-state index contributed by atoms with van der Waals surface area (Å²) in [7, 11) is 0. The number of thiazole rings is 2. The van der Waals surface area contributed by atoms with Crippen LogP contribution < -0.4 is 5.32 Å². The molecule has 0 spiro atoms. The van der Waals surface area contributed by atoms with Crippen LogP contribution in [-0.4, -0.2) is 22.4 Å². The number of nitrogens with one attached hydrogen (secondary N) is 1. The smallest absolute Gasteiger partial charge is 0.263 e. The summed E-state index contributed by atoms with van der Waals surface area (Å²) in [5.41, 5.74) is 1.32. The lowest BCUT2D eigenvalue weighted by Crippen LogP contribution is -2.23. The average Bonchev–Trinajstić information content (AvgIpc) is 3.09. The van der Waals surface area contributed by atoms with Crippen LogP contribution >= 0.6 is 22.7 Å². The highest BCUT2D eigenvalue weighted by atomic mass is 32.1. The average molecular weight is 321 g/mol. The number of carbonyl (C=O) groups excluding carboxylic acids is 1. The molecule has 0 saturated heterocycles. The van der Waals surface area contributed by atoms with Gasteiger partial charge in [0.25, 0.3) is 5.91 Å². The molecule has 1 N–H and O–H groups in total. The summed E-state index contributed by atoms with van der Waals surface area (Å²) in [6.07, 6.45) is 8.47. The number of hydrogen-bond donors (Lipinski definition) is 1. The topological polar surface area (TPSA) is 54.9 Å². The van der Waals surface area contributed by atoms with Crippen molar-refractivity contribution in [1.82, 2.24) is 15.3 Å². The molecule has 2 heterocycles. The van der Waals surface area contributed by atoms with Crippen molar-refractivity contribution < 1.29 is 4.79 Å². The zero-order chi connectivity index (χ0) is 14.7. The third-order valence-electron chi connectivity index (χ3n) is 3.59. The Bertz CT molecular complexity index is 609. The maximum atomic E-state index is 11.9. The van der Waals surface area contributed by atoms with Crippen LogP contribution in [0, 0.1) is 6.92 Å². The number of aromatic nitrogens is 2. The van der Waals surface area contributed by atoms with Gasteiger partial charge in [0.15, 0.2) is 0 Å². The van der Waals surface area contributed by atoms with E-state index in [2.05, 4.69) is 10.3 Å². The second kappa shape index (κ2) is 6.66. The Morgan fingerprint density at radius 2 is 2.19 bits per heavy atom. The number of nitrogens with zero attached hydrogens (tertiary/aromatic N) is 2. The Balaban J connectivity index is 1.44. The molecule has 0 bridgehead atoms. The van der Waals surface area contributed by atoms with E-state index in [0.29, 0.717) is 11.4 Å². The monoisotopic (exact) mass is 321 g/mol. The van der Waals surface area contributed by atoms with Crippen molar-refractivity contribution in [3.63, 3.8) is 0 Å². The summed E-state index contributed by atoms with van der Waals surface area (Å²) in [5.74, 6) is -0.0148. The summed E-state index contributed by atoms with van der Waals surface area (Å²) >= 11 is 3.30. The Kier molecular flexibility index (Phi) is 4.65. The van der Waals surface area contributed by atoms with Crippen molar-refractivity contribution >= 4 is 28.6 Å². The van der Waals surface area contributed by atoms with Gasteiger partial charge in [-0.15, -0.1) is 22.7 Å². The molecule has 0 radical (unpaired) electrons. The fourth-order valence-electron chi connectivity index (χ4n) is 2.51. The van der Waals surface area contributed by atoms with Crippen LogP contribution in [0.1, 0.15) is 49.5 Å². The van der Waals surface area contributed by atoms with Gasteiger partial charge in [0, 0.05) is 17.8 Å². The highest BCUT2D eigenvalue weighted by Gasteiger charge is 2.15. The van der Waals surface area contributed by atoms with Gasteiger partial charge in [0.05, 0.1) is 21.9 Å². The van der Waals surface area contributed by atoms with Crippen LogP contribution in [0.4, 0.5) is 0 Å². The van der Waals surface area contributed by atoms with Gasteiger partial charge in [-0.2, -0.15) is 0 Å². The van der Waals surface area contributed by atoms with Gasteiger partial charge in [-0.25, -0.2) is 9.97 Å². The normalized spacial score (nSPS) is 14.0. The van der Waals surface area contributed by atoms with E-state index in [0.717, 1.165) is 24.3 Å². The predicted octanol–water partition coefficient (Wildman–Crippen LogP) is 3.15. The number of fused-ring (bicyclic) bond motifs is 1. The quantitative estimate of drug-likeness (QED) is 0.861. The first-order chi connectivity index (χ1) is 10.2. The van der Waals surface area contributed by atoms with Gasteiger partial charge >= 0.3 is 0 Å². The Hall–Kier alpha value is -1.27. The van der Waals surface area contributed by atoms with Crippen LogP contribution in [0.25, 0.3) is 0 Å². The van der Waals surface area contributed by atoms with E-state index in [1.165, 1.54) is 46.2 Å². The van der Waals surface area contributed by atoms with Crippen LogP contribution in [0.3, 0.4) is 0 Å². The van der Waals surface area contributed by atoms with Crippen LogP contribution in [-0.2, 0) is 19.3 Å². The van der Waals surface area contributed by atoms with E-state index in [1.807, 2.05) is 18.3 Å². The molecule has 3 rings (SSSR count). The van der Waals surface area contributed by atoms with Crippen LogP contribution in [0.2, 0.25) is 0 Å². The first kappa shape index (κ1) is 14.7. The van der Waals surface area contributed by atoms with Gasteiger partial charge in [-0.1, -0.05) is 0 Å². The second-order valence-corrected chi connectivity index (χ2v) is 7.69. The summed E-state index contributed by atoms with van der Waals surface area (Å²) in [5, 5.41) is 5.10.